The molecule has 4 aromatic heterocycles. The molecule has 5 aromatic rings. The average molecular weight is 565 g/mol. The molecule has 42 heavy (non-hydrogen) atoms. The molecular weight excluding hydrogens is 532 g/mol. The lowest BCUT2D eigenvalue weighted by Gasteiger charge is -2.57. The number of amides is 2. The molecule has 6 heterocycles. The Hall–Kier alpha value is -4.67. The fourth-order valence-corrected chi connectivity index (χ4v) is 8.00. The molecule has 11 nitrogen and oxygen atoms in total. The number of aromatic amines is 1. The minimum Gasteiger partial charge on any atom is -0.453 e. The maximum Gasteiger partial charge on any atom is 0.409 e. The summed E-state index contributed by atoms with van der Waals surface area (Å²) in [6, 6.07) is 6.40. The number of nitrogens with zero attached hydrogens (tertiary/aromatic N) is 7. The summed E-state index contributed by atoms with van der Waals surface area (Å²) >= 11 is 0. The zero-order valence-electron chi connectivity index (χ0n) is 24.1. The fraction of sp³-hybridized carbons (Fsp3) is 0.387. The number of aryl methyl sites for hydroxylation is 2. The lowest BCUT2D eigenvalue weighted by Crippen LogP contribution is -2.58. The molecule has 2 spiro atoms. The number of aromatic nitrogens is 6. The Kier molecular flexibility index (Phi) is 5.03. The van der Waals surface area contributed by atoms with E-state index in [4.69, 9.17) is 9.72 Å². The van der Waals surface area contributed by atoms with Gasteiger partial charge in [-0.3, -0.25) is 14.2 Å². The van der Waals surface area contributed by atoms with Gasteiger partial charge in [-0.2, -0.15) is 10.2 Å². The molecule has 0 radical (unpaired) electrons. The Balaban J connectivity index is 1.32. The highest BCUT2D eigenvalue weighted by Crippen LogP contribution is 2.66. The van der Waals surface area contributed by atoms with E-state index >= 15 is 0 Å². The number of benzene rings is 1. The Morgan fingerprint density at radius 3 is 2.52 bits per heavy atom. The summed E-state index contributed by atoms with van der Waals surface area (Å²) in [5, 5.41) is 10.9. The molecule has 0 atom stereocenters. The first-order valence-electron chi connectivity index (χ1n) is 14.3. The molecule has 1 saturated carbocycles. The summed E-state index contributed by atoms with van der Waals surface area (Å²) in [6.45, 7) is 1.30. The van der Waals surface area contributed by atoms with E-state index < -0.39 is 5.41 Å². The first-order valence-corrected chi connectivity index (χ1v) is 14.3. The van der Waals surface area contributed by atoms with Crippen molar-refractivity contribution in [2.75, 3.05) is 32.1 Å². The van der Waals surface area contributed by atoms with Gasteiger partial charge in [0.25, 0.3) is 0 Å². The van der Waals surface area contributed by atoms with Crippen molar-refractivity contribution < 1.29 is 14.3 Å². The number of ether oxygens (including phenoxy) is 1. The number of nitrogens with one attached hydrogen (secondary N) is 1. The predicted molar refractivity (Wildman–Crippen MR) is 158 cm³/mol. The molecule has 2 amide bonds. The number of methoxy groups -OCH3 is 1. The minimum atomic E-state index is -0.625. The van der Waals surface area contributed by atoms with Gasteiger partial charge in [-0.25, -0.2) is 9.78 Å². The van der Waals surface area contributed by atoms with Gasteiger partial charge in [0.05, 0.1) is 48.0 Å². The van der Waals surface area contributed by atoms with Crippen LogP contribution in [0.5, 0.6) is 0 Å². The Bertz CT molecular complexity index is 1930. The number of piperidine rings is 1. The van der Waals surface area contributed by atoms with Gasteiger partial charge >= 0.3 is 6.09 Å². The standard InChI is InChI=1S/C31H32N8O3/c1-36-15-20(13-33-36)26-23(18-5-6-21-19(11-18)12-34-38(21)3)24-25-22(14-32-27(24)35-26)37(2)28(40)31(25)16-30(17-31)7-9-39(10-8-30)29(41)42-4/h5-6,11-15H,7-10,16-17H2,1-4H3,(H,32,35). The number of pyridine rings is 1. The number of carbonyl (C=O) groups is 2. The lowest BCUT2D eigenvalue weighted by molar-refractivity contribution is -0.134. The van der Waals surface area contributed by atoms with E-state index in [0.717, 1.165) is 81.3 Å². The molecule has 0 unspecified atom stereocenters. The summed E-state index contributed by atoms with van der Waals surface area (Å²) in [6.07, 6.45) is 10.6. The van der Waals surface area contributed by atoms with Crippen molar-refractivity contribution in [3.05, 3.63) is 48.5 Å². The number of likely N-dealkylation sites (tertiary alicyclic amines) is 1. The second kappa shape index (κ2) is 8.43. The largest absolute Gasteiger partial charge is 0.453 e. The summed E-state index contributed by atoms with van der Waals surface area (Å²) < 4.78 is 8.62. The molecule has 214 valence electrons. The fourth-order valence-electron chi connectivity index (χ4n) is 8.00. The van der Waals surface area contributed by atoms with Gasteiger partial charge in [-0.15, -0.1) is 0 Å². The number of fused-ring (bicyclic) bond motifs is 5. The summed E-state index contributed by atoms with van der Waals surface area (Å²) in [5.74, 6) is 0.130. The Labute approximate surface area is 242 Å². The van der Waals surface area contributed by atoms with Gasteiger partial charge in [0.2, 0.25) is 5.91 Å². The first kappa shape index (κ1) is 25.1. The van der Waals surface area contributed by atoms with Crippen LogP contribution in [-0.2, 0) is 29.0 Å². The van der Waals surface area contributed by atoms with Gasteiger partial charge in [0.1, 0.15) is 5.65 Å². The topological polar surface area (TPSA) is 114 Å². The monoisotopic (exact) mass is 564 g/mol. The maximum absolute atomic E-state index is 14.1. The van der Waals surface area contributed by atoms with Crippen molar-refractivity contribution in [1.82, 2.24) is 34.4 Å². The quantitative estimate of drug-likeness (QED) is 0.341. The number of hydrogen-bond acceptors (Lipinski definition) is 6. The van der Waals surface area contributed by atoms with Crippen LogP contribution in [0.3, 0.4) is 0 Å². The van der Waals surface area contributed by atoms with E-state index in [2.05, 4.69) is 33.4 Å². The molecule has 1 aliphatic carbocycles. The third-order valence-electron chi connectivity index (χ3n) is 10.00. The van der Waals surface area contributed by atoms with Gasteiger partial charge in [0, 0.05) is 67.9 Å². The zero-order valence-corrected chi connectivity index (χ0v) is 24.1. The number of hydrogen-bond donors (Lipinski definition) is 1. The Morgan fingerprint density at radius 2 is 1.81 bits per heavy atom. The van der Waals surface area contributed by atoms with Crippen LogP contribution < -0.4 is 4.90 Å². The summed E-state index contributed by atoms with van der Waals surface area (Å²) in [5.41, 5.74) is 7.09. The predicted octanol–water partition coefficient (Wildman–Crippen LogP) is 4.37. The van der Waals surface area contributed by atoms with Crippen LogP contribution in [0.25, 0.3) is 44.3 Å². The normalized spacial score (nSPS) is 18.8. The average Bonchev–Trinajstić information content (AvgIpc) is 3.73. The van der Waals surface area contributed by atoms with Crippen LogP contribution in [0.1, 0.15) is 31.2 Å². The van der Waals surface area contributed by atoms with Crippen LogP contribution >= 0.6 is 0 Å². The molecule has 2 fully saturated rings. The third-order valence-corrected chi connectivity index (χ3v) is 10.00. The SMILES string of the molecule is COC(=O)N1CCC2(CC1)CC1(C2)C(=O)N(C)c2cnc3[nH]c(-c4cnn(C)c4)c(-c4ccc5c(cnn5C)c4)c3c21. The van der Waals surface area contributed by atoms with Gasteiger partial charge in [-0.05, 0) is 48.8 Å². The van der Waals surface area contributed by atoms with Crippen LogP contribution in [0.4, 0.5) is 10.5 Å². The van der Waals surface area contributed by atoms with E-state index in [0.29, 0.717) is 13.1 Å². The van der Waals surface area contributed by atoms with Crippen LogP contribution in [0.15, 0.2) is 43.0 Å². The summed E-state index contributed by atoms with van der Waals surface area (Å²) in [7, 11) is 7.14. The van der Waals surface area contributed by atoms with E-state index in [-0.39, 0.29) is 17.4 Å². The molecule has 1 N–H and O–H groups in total. The van der Waals surface area contributed by atoms with Crippen molar-refractivity contribution in [3.8, 4) is 22.4 Å². The van der Waals surface area contributed by atoms with Crippen molar-refractivity contribution in [1.29, 1.82) is 0 Å². The highest BCUT2D eigenvalue weighted by Gasteiger charge is 2.65. The second-order valence-electron chi connectivity index (χ2n) is 12.3. The number of anilines is 1. The van der Waals surface area contributed by atoms with Crippen molar-refractivity contribution >= 4 is 39.6 Å². The highest BCUT2D eigenvalue weighted by molar-refractivity contribution is 6.17. The molecular formula is C31H32N8O3. The third kappa shape index (κ3) is 3.24. The number of H-pyrrole nitrogens is 1. The molecule has 1 aromatic carbocycles. The van der Waals surface area contributed by atoms with Gasteiger partial charge in [-0.1, -0.05) is 6.07 Å². The smallest absolute Gasteiger partial charge is 0.409 e. The number of likely N-dealkylation sites (N-methyl/N-ethyl adjacent to an activating group) is 1. The minimum absolute atomic E-state index is 0.0233. The molecule has 1 saturated heterocycles. The van der Waals surface area contributed by atoms with Crippen LogP contribution in [-0.4, -0.2) is 73.7 Å². The zero-order chi connectivity index (χ0) is 29.0. The lowest BCUT2D eigenvalue weighted by atomic mass is 9.47. The maximum atomic E-state index is 14.1. The van der Waals surface area contributed by atoms with Crippen molar-refractivity contribution in [2.24, 2.45) is 19.5 Å². The van der Waals surface area contributed by atoms with E-state index in [1.807, 2.05) is 50.6 Å². The van der Waals surface area contributed by atoms with E-state index in [1.54, 1.807) is 14.5 Å². The van der Waals surface area contributed by atoms with Gasteiger partial charge in [0.15, 0.2) is 0 Å². The number of carbonyl (C=O) groups excluding carboxylic acids is 2. The first-order chi connectivity index (χ1) is 20.2. The Morgan fingerprint density at radius 1 is 1.02 bits per heavy atom. The van der Waals surface area contributed by atoms with Crippen LogP contribution in [0, 0.1) is 5.41 Å². The van der Waals surface area contributed by atoms with Gasteiger partial charge < -0.3 is 19.5 Å². The molecule has 8 rings (SSSR count). The van der Waals surface area contributed by atoms with Crippen molar-refractivity contribution in [2.45, 2.75) is 31.1 Å². The molecule has 2 aliphatic heterocycles. The van der Waals surface area contributed by atoms with Crippen LogP contribution in [0.2, 0.25) is 0 Å². The highest BCUT2D eigenvalue weighted by atomic mass is 16.5. The van der Waals surface area contributed by atoms with Crippen molar-refractivity contribution in [3.63, 3.8) is 0 Å². The summed E-state index contributed by atoms with van der Waals surface area (Å²) in [4.78, 5) is 38.3. The number of rotatable bonds is 2. The molecule has 11 heteroatoms. The molecule has 3 aliphatic rings. The second-order valence-corrected chi connectivity index (χ2v) is 12.3. The molecule has 0 bridgehead atoms. The van der Waals surface area contributed by atoms with E-state index in [1.165, 1.54) is 7.11 Å². The van der Waals surface area contributed by atoms with E-state index in [9.17, 15) is 9.59 Å².